The van der Waals surface area contributed by atoms with Crippen molar-refractivity contribution in [3.05, 3.63) is 34.3 Å². The van der Waals surface area contributed by atoms with Gasteiger partial charge in [-0.3, -0.25) is 9.78 Å². The van der Waals surface area contributed by atoms with Gasteiger partial charge in [0.1, 0.15) is 0 Å². The molecule has 0 aliphatic rings. The molecular weight excluding hydrogens is 222 g/mol. The van der Waals surface area contributed by atoms with Crippen LogP contribution in [0.4, 0.5) is 0 Å². The first kappa shape index (κ1) is 11.0. The summed E-state index contributed by atoms with van der Waals surface area (Å²) >= 11 is 0. The number of amides is 1. The molecule has 0 fully saturated rings. The highest BCUT2D eigenvalue weighted by atomic mass is 16.4. The van der Waals surface area contributed by atoms with Gasteiger partial charge >= 0.3 is 11.7 Å². The van der Waals surface area contributed by atoms with Gasteiger partial charge in [0, 0.05) is 13.6 Å². The number of nitrogens with zero attached hydrogens (tertiary/aromatic N) is 2. The lowest BCUT2D eigenvalue weighted by Gasteiger charge is -2.12. The van der Waals surface area contributed by atoms with Gasteiger partial charge in [-0.15, -0.1) is 0 Å². The van der Waals surface area contributed by atoms with Gasteiger partial charge in [0.15, 0.2) is 11.7 Å². The van der Waals surface area contributed by atoms with Crippen LogP contribution in [0.2, 0.25) is 0 Å². The monoisotopic (exact) mass is 231 g/mol. The molecule has 0 spiro atoms. The molecule has 86 valence electrons. The fourth-order valence-electron chi connectivity index (χ4n) is 1.53. The van der Waals surface area contributed by atoms with E-state index >= 15 is 0 Å². The zero-order chi connectivity index (χ0) is 12.4. The molecule has 0 aliphatic heterocycles. The van der Waals surface area contributed by atoms with E-state index < -0.39 is 11.7 Å². The number of nitriles is 1. The predicted molar refractivity (Wildman–Crippen MR) is 58.9 cm³/mol. The van der Waals surface area contributed by atoms with Gasteiger partial charge in [0.05, 0.1) is 5.52 Å². The van der Waals surface area contributed by atoms with E-state index in [9.17, 15) is 9.59 Å². The molecule has 6 nitrogen and oxygen atoms in total. The van der Waals surface area contributed by atoms with E-state index in [-0.39, 0.29) is 0 Å². The summed E-state index contributed by atoms with van der Waals surface area (Å²) in [6, 6.07) is 6.63. The third kappa shape index (κ3) is 2.18. The van der Waals surface area contributed by atoms with Crippen molar-refractivity contribution in [3.63, 3.8) is 0 Å². The summed E-state index contributed by atoms with van der Waals surface area (Å²) in [7, 11) is 1.54. The lowest BCUT2D eigenvalue weighted by molar-refractivity contribution is -0.124. The predicted octanol–water partition coefficient (Wildman–Crippen LogP) is 0.603. The molecule has 0 aliphatic carbocycles. The number of carbonyl (C=O) groups excluding carboxylic acids is 1. The number of carbonyl (C=O) groups is 1. The number of rotatable bonds is 2. The molecule has 1 heterocycles. The van der Waals surface area contributed by atoms with Crippen molar-refractivity contribution in [1.82, 2.24) is 9.88 Å². The Balaban J connectivity index is 2.28. The minimum Gasteiger partial charge on any atom is -0.408 e. The van der Waals surface area contributed by atoms with E-state index in [1.54, 1.807) is 18.2 Å². The molecule has 0 saturated carbocycles. The molecule has 1 aromatic heterocycles. The first-order chi connectivity index (χ1) is 8.10. The number of aromatic amines is 1. The zero-order valence-electron chi connectivity index (χ0n) is 9.06. The number of oxazole rings is 1. The van der Waals surface area contributed by atoms with E-state index in [2.05, 4.69) is 4.98 Å². The summed E-state index contributed by atoms with van der Waals surface area (Å²) in [5.74, 6) is -1.12. The fraction of sp³-hybridized carbons (Fsp3) is 0.182. The van der Waals surface area contributed by atoms with Crippen LogP contribution < -0.4 is 5.76 Å². The third-order valence-corrected chi connectivity index (χ3v) is 2.35. The quantitative estimate of drug-likeness (QED) is 0.766. The van der Waals surface area contributed by atoms with Crippen LogP contribution in [0.25, 0.3) is 11.1 Å². The zero-order valence-corrected chi connectivity index (χ0v) is 9.06. The van der Waals surface area contributed by atoms with Crippen molar-refractivity contribution < 1.29 is 9.21 Å². The highest BCUT2D eigenvalue weighted by Gasteiger charge is 2.09. The molecule has 1 amide bonds. The van der Waals surface area contributed by atoms with E-state index in [1.165, 1.54) is 18.0 Å². The summed E-state index contributed by atoms with van der Waals surface area (Å²) in [6.07, 6.45) is 0. The molecule has 0 radical (unpaired) electrons. The molecule has 2 rings (SSSR count). The van der Waals surface area contributed by atoms with Crippen molar-refractivity contribution >= 4 is 17.0 Å². The maximum absolute atomic E-state index is 11.1. The van der Waals surface area contributed by atoms with Crippen LogP contribution in [-0.4, -0.2) is 22.8 Å². The third-order valence-electron chi connectivity index (χ3n) is 2.35. The molecule has 0 unspecified atom stereocenters. The van der Waals surface area contributed by atoms with Crippen molar-refractivity contribution in [1.29, 1.82) is 5.26 Å². The van der Waals surface area contributed by atoms with Gasteiger partial charge < -0.3 is 9.32 Å². The average molecular weight is 231 g/mol. The second-order valence-electron chi connectivity index (χ2n) is 3.62. The Bertz CT molecular complexity index is 662. The van der Waals surface area contributed by atoms with Crippen LogP contribution in [0, 0.1) is 11.3 Å². The molecule has 0 bridgehead atoms. The summed E-state index contributed by atoms with van der Waals surface area (Å²) < 4.78 is 4.85. The van der Waals surface area contributed by atoms with Crippen molar-refractivity contribution in [2.75, 3.05) is 7.05 Å². The molecule has 0 atom stereocenters. The number of hydrogen-bond donors (Lipinski definition) is 1. The Hall–Kier alpha value is -2.55. The summed E-state index contributed by atoms with van der Waals surface area (Å²) in [5.41, 5.74) is 1.85. The second kappa shape index (κ2) is 4.14. The summed E-state index contributed by atoms with van der Waals surface area (Å²) in [6.45, 7) is 0.301. The van der Waals surface area contributed by atoms with Crippen LogP contribution in [0.1, 0.15) is 5.56 Å². The number of H-pyrrole nitrogens is 1. The van der Waals surface area contributed by atoms with Crippen LogP contribution in [0.3, 0.4) is 0 Å². The second-order valence-corrected chi connectivity index (χ2v) is 3.62. The van der Waals surface area contributed by atoms with E-state index in [0.29, 0.717) is 17.6 Å². The Kier molecular flexibility index (Phi) is 2.66. The topological polar surface area (TPSA) is 90.1 Å². The van der Waals surface area contributed by atoms with Gasteiger partial charge in [0.25, 0.3) is 0 Å². The van der Waals surface area contributed by atoms with E-state index in [0.717, 1.165) is 5.56 Å². The van der Waals surface area contributed by atoms with Crippen LogP contribution >= 0.6 is 0 Å². The highest BCUT2D eigenvalue weighted by molar-refractivity contribution is 5.91. The molecule has 1 N–H and O–H groups in total. The number of aromatic nitrogens is 1. The standard InChI is InChI=1S/C11H9N3O3/c1-14(10(15)5-12)6-7-2-3-9-8(4-7)13-11(16)17-9/h2-4H,6H2,1H3,(H,13,16). The highest BCUT2D eigenvalue weighted by Crippen LogP contribution is 2.13. The molecule has 1 aromatic carbocycles. The largest absolute Gasteiger partial charge is 0.417 e. The smallest absolute Gasteiger partial charge is 0.408 e. The van der Waals surface area contributed by atoms with Crippen molar-refractivity contribution in [2.45, 2.75) is 6.54 Å². The van der Waals surface area contributed by atoms with Crippen molar-refractivity contribution in [2.24, 2.45) is 0 Å². The van der Waals surface area contributed by atoms with Gasteiger partial charge in [-0.2, -0.15) is 5.26 Å². The summed E-state index contributed by atoms with van der Waals surface area (Å²) in [5, 5.41) is 8.45. The minimum atomic E-state index is -0.606. The molecule has 17 heavy (non-hydrogen) atoms. The first-order valence-corrected chi connectivity index (χ1v) is 4.87. The Morgan fingerprint density at radius 3 is 3.06 bits per heavy atom. The first-order valence-electron chi connectivity index (χ1n) is 4.87. The lowest BCUT2D eigenvalue weighted by atomic mass is 10.2. The number of fused-ring (bicyclic) bond motifs is 1. The SMILES string of the molecule is CN(Cc1ccc2oc(=O)[nH]c2c1)C(=O)C#N. The molecule has 0 saturated heterocycles. The van der Waals surface area contributed by atoms with Crippen LogP contribution in [0.15, 0.2) is 27.4 Å². The number of nitrogens with one attached hydrogen (secondary N) is 1. The fourth-order valence-corrected chi connectivity index (χ4v) is 1.53. The van der Waals surface area contributed by atoms with Crippen LogP contribution in [-0.2, 0) is 11.3 Å². The van der Waals surface area contributed by atoms with Gasteiger partial charge in [-0.1, -0.05) is 6.07 Å². The van der Waals surface area contributed by atoms with E-state index in [1.807, 2.05) is 0 Å². The molecule has 6 heteroatoms. The Morgan fingerprint density at radius 2 is 2.35 bits per heavy atom. The Morgan fingerprint density at radius 1 is 1.59 bits per heavy atom. The Labute approximate surface area is 96.1 Å². The number of benzene rings is 1. The maximum Gasteiger partial charge on any atom is 0.417 e. The van der Waals surface area contributed by atoms with Gasteiger partial charge in [-0.05, 0) is 17.7 Å². The average Bonchev–Trinajstić information content (AvgIpc) is 2.67. The lowest BCUT2D eigenvalue weighted by Crippen LogP contribution is -2.24. The van der Waals surface area contributed by atoms with E-state index in [4.69, 9.17) is 9.68 Å². The number of hydrogen-bond acceptors (Lipinski definition) is 4. The molecule has 2 aromatic rings. The van der Waals surface area contributed by atoms with Gasteiger partial charge in [0.2, 0.25) is 0 Å². The van der Waals surface area contributed by atoms with Gasteiger partial charge in [-0.25, -0.2) is 4.79 Å². The van der Waals surface area contributed by atoms with Crippen molar-refractivity contribution in [3.8, 4) is 6.07 Å². The molecular formula is C11H9N3O3. The normalized spacial score (nSPS) is 10.1. The minimum absolute atomic E-state index is 0.301. The summed E-state index contributed by atoms with van der Waals surface area (Å²) in [4.78, 5) is 25.8. The van der Waals surface area contributed by atoms with Crippen LogP contribution in [0.5, 0.6) is 0 Å². The maximum atomic E-state index is 11.1.